The Kier molecular flexibility index (Phi) is 3.25. The lowest BCUT2D eigenvalue weighted by molar-refractivity contribution is -0.125. The Morgan fingerprint density at radius 3 is 2.39 bits per heavy atom. The highest BCUT2D eigenvalue weighted by Gasteiger charge is 2.62. The van der Waals surface area contributed by atoms with Gasteiger partial charge in [-0.15, -0.1) is 0 Å². The van der Waals surface area contributed by atoms with Gasteiger partial charge in [0.1, 0.15) is 0 Å². The maximum atomic E-state index is 12.2. The molecule has 0 aliphatic heterocycles. The van der Waals surface area contributed by atoms with Crippen LogP contribution in [0.15, 0.2) is 11.1 Å². The van der Waals surface area contributed by atoms with Gasteiger partial charge in [-0.1, -0.05) is 19.4 Å². The fourth-order valence-electron chi connectivity index (χ4n) is 7.23. The molecule has 4 aliphatic rings. The number of fused-ring (bicyclic) bond motifs is 5. The van der Waals surface area contributed by atoms with Crippen LogP contribution in [0.2, 0.25) is 0 Å². The summed E-state index contributed by atoms with van der Waals surface area (Å²) >= 11 is 0. The van der Waals surface area contributed by atoms with E-state index in [0.717, 1.165) is 49.5 Å². The number of rotatable bonds is 0. The van der Waals surface area contributed by atoms with Gasteiger partial charge < -0.3 is 5.11 Å². The van der Waals surface area contributed by atoms with E-state index in [4.69, 9.17) is 0 Å². The summed E-state index contributed by atoms with van der Waals surface area (Å²) in [5, 5.41) is 11.0. The molecule has 0 spiro atoms. The molecule has 0 radical (unpaired) electrons. The molecular weight excluding hydrogens is 284 g/mol. The largest absolute Gasteiger partial charge is 0.390 e. The maximum Gasteiger partial charge on any atom is 0.158 e. The lowest BCUT2D eigenvalue weighted by Crippen LogP contribution is -2.54. The van der Waals surface area contributed by atoms with Gasteiger partial charge in [-0.3, -0.25) is 4.79 Å². The molecule has 0 aromatic rings. The van der Waals surface area contributed by atoms with Crippen molar-refractivity contribution in [1.29, 1.82) is 0 Å². The van der Waals surface area contributed by atoms with Gasteiger partial charge in [-0.2, -0.15) is 0 Å². The number of allylic oxidation sites excluding steroid dienone is 1. The molecule has 2 heteroatoms. The second-order valence-electron chi connectivity index (χ2n) is 9.63. The van der Waals surface area contributed by atoms with Crippen molar-refractivity contribution in [3.63, 3.8) is 0 Å². The molecule has 0 saturated heterocycles. The molecule has 128 valence electrons. The molecule has 2 nitrogen and oxygen atoms in total. The SMILES string of the molecule is CC1=C2CC[C@H]3[C@@H](CC[C@]4(C)[C@@H]3CC[C@]4(C)O)[C@]2(C)CCC1=O. The third kappa shape index (κ3) is 1.88. The standard InChI is InChI=1S/C21H32O2/c1-13-15-6-5-14-16(19(15,2)10-9-18(13)22)7-11-20(3)17(14)8-12-21(20,4)23/h14,16-17,23H,5-12H2,1-4H3/t14-,16+,17+,19+,20+,21-/m0/s1. The fraction of sp³-hybridized carbons (Fsp3) is 0.857. The zero-order chi connectivity index (χ0) is 16.6. The summed E-state index contributed by atoms with van der Waals surface area (Å²) < 4.78 is 0. The molecule has 3 saturated carbocycles. The Labute approximate surface area is 140 Å². The van der Waals surface area contributed by atoms with E-state index in [0.29, 0.717) is 11.7 Å². The van der Waals surface area contributed by atoms with E-state index in [1.54, 1.807) is 0 Å². The highest BCUT2D eigenvalue weighted by molar-refractivity contribution is 5.96. The van der Waals surface area contributed by atoms with Crippen molar-refractivity contribution in [2.75, 3.05) is 0 Å². The Morgan fingerprint density at radius 2 is 1.65 bits per heavy atom. The van der Waals surface area contributed by atoms with E-state index >= 15 is 0 Å². The minimum atomic E-state index is -0.488. The number of hydrogen-bond donors (Lipinski definition) is 1. The maximum absolute atomic E-state index is 12.2. The van der Waals surface area contributed by atoms with Crippen molar-refractivity contribution in [2.45, 2.75) is 84.7 Å². The molecule has 0 aromatic heterocycles. The van der Waals surface area contributed by atoms with Gasteiger partial charge in [0.05, 0.1) is 5.60 Å². The van der Waals surface area contributed by atoms with Crippen LogP contribution in [0.3, 0.4) is 0 Å². The van der Waals surface area contributed by atoms with Gasteiger partial charge in [0.2, 0.25) is 0 Å². The molecular formula is C21H32O2. The smallest absolute Gasteiger partial charge is 0.158 e. The van der Waals surface area contributed by atoms with Gasteiger partial charge in [-0.05, 0) is 93.0 Å². The third-order valence-electron chi connectivity index (χ3n) is 8.98. The molecule has 1 N–H and O–H groups in total. The fourth-order valence-corrected chi connectivity index (χ4v) is 7.23. The summed E-state index contributed by atoms with van der Waals surface area (Å²) in [5.41, 5.74) is 2.44. The molecule has 0 bridgehead atoms. The van der Waals surface area contributed by atoms with Crippen LogP contribution in [0.25, 0.3) is 0 Å². The van der Waals surface area contributed by atoms with E-state index in [1.807, 2.05) is 0 Å². The quantitative estimate of drug-likeness (QED) is 0.706. The van der Waals surface area contributed by atoms with E-state index < -0.39 is 5.60 Å². The Balaban J connectivity index is 1.72. The number of hydrogen-bond acceptors (Lipinski definition) is 2. The highest BCUT2D eigenvalue weighted by atomic mass is 16.3. The van der Waals surface area contributed by atoms with Gasteiger partial charge >= 0.3 is 0 Å². The summed E-state index contributed by atoms with van der Waals surface area (Å²) in [6.07, 6.45) is 8.69. The van der Waals surface area contributed by atoms with Crippen molar-refractivity contribution < 1.29 is 9.90 Å². The average Bonchev–Trinajstić information content (AvgIpc) is 2.74. The zero-order valence-electron chi connectivity index (χ0n) is 15.2. The van der Waals surface area contributed by atoms with Crippen molar-refractivity contribution >= 4 is 5.78 Å². The van der Waals surface area contributed by atoms with Crippen molar-refractivity contribution in [1.82, 2.24) is 0 Å². The molecule has 0 unspecified atom stereocenters. The summed E-state index contributed by atoms with van der Waals surface area (Å²) in [4.78, 5) is 12.2. The lowest BCUT2D eigenvalue weighted by atomic mass is 9.46. The minimum absolute atomic E-state index is 0.102. The predicted molar refractivity (Wildman–Crippen MR) is 92.0 cm³/mol. The van der Waals surface area contributed by atoms with Crippen LogP contribution in [-0.2, 0) is 4.79 Å². The summed E-state index contributed by atoms with van der Waals surface area (Å²) in [6, 6.07) is 0. The molecule has 6 atom stereocenters. The van der Waals surface area contributed by atoms with E-state index in [-0.39, 0.29) is 10.8 Å². The van der Waals surface area contributed by atoms with E-state index in [2.05, 4.69) is 27.7 Å². The summed E-state index contributed by atoms with van der Waals surface area (Å²) in [7, 11) is 0. The Hall–Kier alpha value is -0.630. The molecule has 4 aliphatic carbocycles. The number of carbonyl (C=O) groups excluding carboxylic acids is 1. The monoisotopic (exact) mass is 316 g/mol. The van der Waals surface area contributed by atoms with Crippen molar-refractivity contribution in [2.24, 2.45) is 28.6 Å². The Bertz CT molecular complexity index is 587. The van der Waals surface area contributed by atoms with Crippen LogP contribution >= 0.6 is 0 Å². The lowest BCUT2D eigenvalue weighted by Gasteiger charge is -2.59. The molecule has 4 rings (SSSR count). The third-order valence-corrected chi connectivity index (χ3v) is 8.98. The van der Waals surface area contributed by atoms with Crippen molar-refractivity contribution in [3.8, 4) is 0 Å². The number of aliphatic hydroxyl groups is 1. The normalized spacial score (nSPS) is 52.9. The first-order valence-electron chi connectivity index (χ1n) is 9.66. The topological polar surface area (TPSA) is 37.3 Å². The zero-order valence-corrected chi connectivity index (χ0v) is 15.2. The molecule has 0 heterocycles. The van der Waals surface area contributed by atoms with Gasteiger partial charge in [0, 0.05) is 6.42 Å². The van der Waals surface area contributed by atoms with Gasteiger partial charge in [0.15, 0.2) is 5.78 Å². The van der Waals surface area contributed by atoms with E-state index in [9.17, 15) is 9.90 Å². The van der Waals surface area contributed by atoms with Crippen LogP contribution in [-0.4, -0.2) is 16.5 Å². The average molecular weight is 316 g/mol. The number of Topliss-reactive ketones (excluding diaryl/α,β-unsaturated/α-hetero) is 1. The summed E-state index contributed by atoms with van der Waals surface area (Å²) in [6.45, 7) is 8.95. The Morgan fingerprint density at radius 1 is 0.957 bits per heavy atom. The second-order valence-corrected chi connectivity index (χ2v) is 9.63. The van der Waals surface area contributed by atoms with Crippen LogP contribution in [0.1, 0.15) is 79.1 Å². The first-order valence-corrected chi connectivity index (χ1v) is 9.66. The van der Waals surface area contributed by atoms with E-state index in [1.165, 1.54) is 24.8 Å². The molecule has 3 fully saturated rings. The molecule has 0 aromatic carbocycles. The number of carbonyl (C=O) groups is 1. The first kappa shape index (κ1) is 15.9. The molecule has 0 amide bonds. The number of ketones is 1. The van der Waals surface area contributed by atoms with Gasteiger partial charge in [0.25, 0.3) is 0 Å². The van der Waals surface area contributed by atoms with Gasteiger partial charge in [-0.25, -0.2) is 0 Å². The van der Waals surface area contributed by atoms with Crippen LogP contribution < -0.4 is 0 Å². The minimum Gasteiger partial charge on any atom is -0.390 e. The van der Waals surface area contributed by atoms with Crippen molar-refractivity contribution in [3.05, 3.63) is 11.1 Å². The second kappa shape index (κ2) is 4.71. The van der Waals surface area contributed by atoms with Crippen LogP contribution in [0, 0.1) is 28.6 Å². The molecule has 23 heavy (non-hydrogen) atoms. The van der Waals surface area contributed by atoms with Crippen LogP contribution in [0.4, 0.5) is 0 Å². The highest BCUT2D eigenvalue weighted by Crippen LogP contribution is 2.67. The predicted octanol–water partition coefficient (Wildman–Crippen LogP) is 4.66. The summed E-state index contributed by atoms with van der Waals surface area (Å²) in [5.74, 6) is 2.53. The van der Waals surface area contributed by atoms with Crippen LogP contribution in [0.5, 0.6) is 0 Å². The first-order chi connectivity index (χ1) is 10.7.